The molecule has 0 N–H and O–H groups in total. The van der Waals surface area contributed by atoms with Crippen molar-refractivity contribution >= 4 is 11.6 Å². The van der Waals surface area contributed by atoms with Crippen LogP contribution in [0.15, 0.2) is 42.7 Å². The first-order valence-corrected chi connectivity index (χ1v) is 6.91. The highest BCUT2D eigenvalue weighted by molar-refractivity contribution is 6.32. The Bertz CT molecular complexity index is 839. The molecule has 2 aromatic carbocycles. The van der Waals surface area contributed by atoms with E-state index >= 15 is 0 Å². The molecule has 1 heterocycles. The lowest BCUT2D eigenvalue weighted by atomic mass is 10.1. The lowest BCUT2D eigenvalue weighted by Crippen LogP contribution is -2.00. The van der Waals surface area contributed by atoms with Crippen molar-refractivity contribution in [2.75, 3.05) is 7.11 Å². The summed E-state index contributed by atoms with van der Waals surface area (Å²) in [5.74, 6) is -2.06. The predicted molar refractivity (Wildman–Crippen MR) is 80.4 cm³/mol. The smallest absolute Gasteiger partial charge is 0.155 e. The quantitative estimate of drug-likeness (QED) is 0.697. The van der Waals surface area contributed by atoms with Crippen molar-refractivity contribution in [3.63, 3.8) is 0 Å². The summed E-state index contributed by atoms with van der Waals surface area (Å²) >= 11 is 6.01. The molecule has 0 saturated heterocycles. The average molecular weight is 339 g/mol. The van der Waals surface area contributed by atoms with Crippen molar-refractivity contribution in [2.24, 2.45) is 0 Å². The molecule has 0 amide bonds. The largest absolute Gasteiger partial charge is 0.497 e. The van der Waals surface area contributed by atoms with Crippen LogP contribution in [-0.2, 0) is 0 Å². The van der Waals surface area contributed by atoms with Gasteiger partial charge in [-0.2, -0.15) is 0 Å². The number of hydrogen-bond donors (Lipinski definition) is 0. The topological polar surface area (TPSA) is 27.1 Å². The van der Waals surface area contributed by atoms with Crippen LogP contribution < -0.4 is 4.74 Å². The minimum atomic E-state index is -0.840. The summed E-state index contributed by atoms with van der Waals surface area (Å²) < 4.78 is 47.9. The average Bonchev–Trinajstić information content (AvgIpc) is 2.89. The lowest BCUT2D eigenvalue weighted by Gasteiger charge is -2.11. The number of rotatable bonds is 3. The third kappa shape index (κ3) is 2.77. The van der Waals surface area contributed by atoms with Crippen molar-refractivity contribution < 1.29 is 17.9 Å². The molecule has 0 radical (unpaired) electrons. The number of hydrogen-bond acceptors (Lipinski definition) is 2. The van der Waals surface area contributed by atoms with Gasteiger partial charge in [-0.1, -0.05) is 11.6 Å². The lowest BCUT2D eigenvalue weighted by molar-refractivity contribution is 0.407. The highest BCUT2D eigenvalue weighted by atomic mass is 35.5. The van der Waals surface area contributed by atoms with E-state index in [1.54, 1.807) is 0 Å². The van der Waals surface area contributed by atoms with Crippen LogP contribution >= 0.6 is 11.6 Å². The van der Waals surface area contributed by atoms with Gasteiger partial charge in [0.1, 0.15) is 29.5 Å². The highest BCUT2D eigenvalue weighted by Gasteiger charge is 2.21. The molecule has 7 heteroatoms. The molecule has 0 atom stereocenters. The first kappa shape index (κ1) is 15.4. The van der Waals surface area contributed by atoms with E-state index in [0.29, 0.717) is 5.69 Å². The molecule has 0 saturated carbocycles. The third-order valence-corrected chi connectivity index (χ3v) is 3.59. The van der Waals surface area contributed by atoms with Crippen LogP contribution in [0.1, 0.15) is 0 Å². The second-order valence-corrected chi connectivity index (χ2v) is 5.05. The fourth-order valence-corrected chi connectivity index (χ4v) is 2.47. The summed E-state index contributed by atoms with van der Waals surface area (Å²) in [6.45, 7) is 0. The van der Waals surface area contributed by atoms with Gasteiger partial charge >= 0.3 is 0 Å². The summed E-state index contributed by atoms with van der Waals surface area (Å²) in [5.41, 5.74) is 0.170. The fraction of sp³-hybridized carbons (Fsp3) is 0.0625. The van der Waals surface area contributed by atoms with Gasteiger partial charge in [0.15, 0.2) is 5.15 Å². The van der Waals surface area contributed by atoms with E-state index in [2.05, 4.69) is 4.98 Å². The van der Waals surface area contributed by atoms with Gasteiger partial charge in [0.05, 0.1) is 18.4 Å². The summed E-state index contributed by atoms with van der Waals surface area (Å²) in [7, 11) is 1.31. The van der Waals surface area contributed by atoms with E-state index in [1.807, 2.05) is 0 Å². The van der Waals surface area contributed by atoms with E-state index in [4.69, 9.17) is 16.3 Å². The number of methoxy groups -OCH3 is 1. The minimum Gasteiger partial charge on any atom is -0.497 e. The van der Waals surface area contributed by atoms with E-state index in [0.717, 1.165) is 12.1 Å². The molecule has 0 aliphatic carbocycles. The van der Waals surface area contributed by atoms with Crippen LogP contribution in [0.5, 0.6) is 5.75 Å². The van der Waals surface area contributed by atoms with Crippen LogP contribution in [0.4, 0.5) is 13.2 Å². The zero-order valence-corrected chi connectivity index (χ0v) is 12.6. The number of benzene rings is 2. The Morgan fingerprint density at radius 2 is 1.65 bits per heavy atom. The maximum absolute atomic E-state index is 14.3. The summed E-state index contributed by atoms with van der Waals surface area (Å²) in [6.07, 6.45) is 1.31. The van der Waals surface area contributed by atoms with Crippen LogP contribution in [0, 0.1) is 17.5 Å². The number of halogens is 4. The maximum atomic E-state index is 14.3. The zero-order valence-electron chi connectivity index (χ0n) is 11.9. The molecule has 0 spiro atoms. The Hall–Kier alpha value is -2.47. The fourth-order valence-electron chi connectivity index (χ4n) is 2.24. The molecule has 3 rings (SSSR count). The van der Waals surface area contributed by atoms with Gasteiger partial charge in [-0.3, -0.25) is 4.57 Å². The molecule has 0 bridgehead atoms. The maximum Gasteiger partial charge on any atom is 0.155 e. The second kappa shape index (κ2) is 5.96. The number of ether oxygens (including phenoxy) is 1. The SMILES string of the molecule is COc1cc(F)c(-c2c(Cl)ncn2-c2ccc(F)cc2)c(F)c1. The Morgan fingerprint density at radius 1 is 1.04 bits per heavy atom. The number of aromatic nitrogens is 2. The molecule has 0 aliphatic heterocycles. The molecule has 1 aromatic heterocycles. The summed E-state index contributed by atoms with van der Waals surface area (Å²) in [5, 5.41) is -0.0720. The highest BCUT2D eigenvalue weighted by Crippen LogP contribution is 2.35. The van der Waals surface area contributed by atoms with Gasteiger partial charge in [0, 0.05) is 17.8 Å². The summed E-state index contributed by atoms with van der Waals surface area (Å²) in [6, 6.07) is 7.47. The Kier molecular flexibility index (Phi) is 4.00. The van der Waals surface area contributed by atoms with E-state index < -0.39 is 17.5 Å². The van der Waals surface area contributed by atoms with Gasteiger partial charge in [-0.15, -0.1) is 0 Å². The van der Waals surface area contributed by atoms with Crippen molar-refractivity contribution in [3.8, 4) is 22.7 Å². The normalized spacial score (nSPS) is 10.8. The van der Waals surface area contributed by atoms with Gasteiger partial charge in [0.25, 0.3) is 0 Å². The Balaban J connectivity index is 2.22. The standard InChI is InChI=1S/C16H10ClF3N2O/c1-23-11-6-12(19)14(13(20)7-11)15-16(17)21-8-22(15)10-4-2-9(18)3-5-10/h2-8H,1H3. The molecule has 3 aromatic rings. The van der Waals surface area contributed by atoms with Crippen LogP contribution in [0.3, 0.4) is 0 Å². The Morgan fingerprint density at radius 3 is 2.22 bits per heavy atom. The first-order valence-electron chi connectivity index (χ1n) is 6.53. The monoisotopic (exact) mass is 338 g/mol. The van der Waals surface area contributed by atoms with Crippen molar-refractivity contribution in [2.45, 2.75) is 0 Å². The van der Waals surface area contributed by atoms with Crippen LogP contribution in [0.25, 0.3) is 16.9 Å². The second-order valence-electron chi connectivity index (χ2n) is 4.70. The van der Waals surface area contributed by atoms with Crippen LogP contribution in [-0.4, -0.2) is 16.7 Å². The van der Waals surface area contributed by atoms with Gasteiger partial charge in [-0.05, 0) is 24.3 Å². The van der Waals surface area contributed by atoms with E-state index in [1.165, 1.54) is 42.3 Å². The van der Waals surface area contributed by atoms with E-state index in [9.17, 15) is 13.2 Å². The zero-order chi connectivity index (χ0) is 16.6. The molecule has 0 unspecified atom stereocenters. The van der Waals surface area contributed by atoms with Gasteiger partial charge in [-0.25, -0.2) is 18.2 Å². The molecule has 3 nitrogen and oxygen atoms in total. The summed E-state index contributed by atoms with van der Waals surface area (Å²) in [4.78, 5) is 3.89. The molecule has 23 heavy (non-hydrogen) atoms. The first-order chi connectivity index (χ1) is 11.0. The van der Waals surface area contributed by atoms with Crippen molar-refractivity contribution in [3.05, 3.63) is 65.3 Å². The predicted octanol–water partition coefficient (Wildman–Crippen LogP) is 4.62. The third-order valence-electron chi connectivity index (χ3n) is 3.32. The molecule has 118 valence electrons. The van der Waals surface area contributed by atoms with Crippen molar-refractivity contribution in [1.29, 1.82) is 0 Å². The van der Waals surface area contributed by atoms with Gasteiger partial charge < -0.3 is 4.74 Å². The van der Waals surface area contributed by atoms with E-state index in [-0.39, 0.29) is 22.2 Å². The minimum absolute atomic E-state index is 0.0379. The number of nitrogens with zero attached hydrogens (tertiary/aromatic N) is 2. The molecule has 0 fully saturated rings. The molecular formula is C16H10ClF3N2O. The van der Waals surface area contributed by atoms with Gasteiger partial charge in [0.2, 0.25) is 0 Å². The molecular weight excluding hydrogens is 329 g/mol. The Labute approximate surface area is 134 Å². The number of imidazole rings is 1. The van der Waals surface area contributed by atoms with Crippen molar-refractivity contribution in [1.82, 2.24) is 9.55 Å². The van der Waals surface area contributed by atoms with Crippen LogP contribution in [0.2, 0.25) is 5.15 Å². The molecule has 0 aliphatic rings.